The first-order chi connectivity index (χ1) is 6.93. The van der Waals surface area contributed by atoms with E-state index in [0.717, 1.165) is 25.7 Å². The van der Waals surface area contributed by atoms with Crippen LogP contribution < -0.4 is 0 Å². The van der Waals surface area contributed by atoms with Gasteiger partial charge in [-0.25, -0.2) is 0 Å². The fourth-order valence-electron chi connectivity index (χ4n) is 1.46. The van der Waals surface area contributed by atoms with Crippen LogP contribution in [0.4, 0.5) is 0 Å². The van der Waals surface area contributed by atoms with Crippen molar-refractivity contribution in [3.05, 3.63) is 11.6 Å². The molecule has 15 heavy (non-hydrogen) atoms. The monoisotopic (exact) mass is 212 g/mol. The summed E-state index contributed by atoms with van der Waals surface area (Å²) in [5, 5.41) is 8.73. The minimum Gasteiger partial charge on any atom is -0.481 e. The standard InChI is InChI=1S/C13H24O2/c1-10(2)6-5-7-11(3)8-9-12(4)13(14)15/h6,11-12H,5,7-9H2,1-4H3,(H,14,15)/t11-,12+/m0/s1. The van der Waals surface area contributed by atoms with Crippen molar-refractivity contribution in [3.8, 4) is 0 Å². The van der Waals surface area contributed by atoms with E-state index in [9.17, 15) is 4.79 Å². The highest BCUT2D eigenvalue weighted by molar-refractivity contribution is 5.69. The first kappa shape index (κ1) is 14.2. The molecule has 2 nitrogen and oxygen atoms in total. The summed E-state index contributed by atoms with van der Waals surface area (Å²) in [5.41, 5.74) is 1.36. The fraction of sp³-hybridized carbons (Fsp3) is 0.769. The number of carbonyl (C=O) groups is 1. The first-order valence-electron chi connectivity index (χ1n) is 5.79. The van der Waals surface area contributed by atoms with Gasteiger partial charge in [-0.1, -0.05) is 25.5 Å². The van der Waals surface area contributed by atoms with Gasteiger partial charge in [-0.3, -0.25) is 4.79 Å². The van der Waals surface area contributed by atoms with Gasteiger partial charge in [0, 0.05) is 0 Å². The maximum Gasteiger partial charge on any atom is 0.306 e. The summed E-state index contributed by atoms with van der Waals surface area (Å²) in [6, 6.07) is 0. The molecule has 0 aromatic rings. The van der Waals surface area contributed by atoms with Gasteiger partial charge in [0.2, 0.25) is 0 Å². The number of hydrogen-bond donors (Lipinski definition) is 1. The lowest BCUT2D eigenvalue weighted by Crippen LogP contribution is -2.10. The van der Waals surface area contributed by atoms with Crippen molar-refractivity contribution in [1.29, 1.82) is 0 Å². The molecule has 0 aromatic carbocycles. The van der Waals surface area contributed by atoms with E-state index in [1.54, 1.807) is 6.92 Å². The van der Waals surface area contributed by atoms with Gasteiger partial charge in [-0.15, -0.1) is 0 Å². The molecule has 2 atom stereocenters. The van der Waals surface area contributed by atoms with Crippen molar-refractivity contribution < 1.29 is 9.90 Å². The summed E-state index contributed by atoms with van der Waals surface area (Å²) in [4.78, 5) is 10.6. The molecule has 88 valence electrons. The highest BCUT2D eigenvalue weighted by Crippen LogP contribution is 2.17. The summed E-state index contributed by atoms with van der Waals surface area (Å²) in [6.45, 7) is 8.20. The second kappa shape index (κ2) is 7.49. The fourth-order valence-corrected chi connectivity index (χ4v) is 1.46. The number of hydrogen-bond acceptors (Lipinski definition) is 1. The summed E-state index contributed by atoms with van der Waals surface area (Å²) in [7, 11) is 0. The van der Waals surface area contributed by atoms with Gasteiger partial charge >= 0.3 is 5.97 Å². The van der Waals surface area contributed by atoms with Crippen LogP contribution in [-0.2, 0) is 4.79 Å². The molecule has 0 aliphatic carbocycles. The Bertz CT molecular complexity index is 215. The lowest BCUT2D eigenvalue weighted by atomic mass is 9.94. The molecule has 0 aliphatic heterocycles. The van der Waals surface area contributed by atoms with E-state index in [-0.39, 0.29) is 5.92 Å². The van der Waals surface area contributed by atoms with E-state index < -0.39 is 5.97 Å². The van der Waals surface area contributed by atoms with Gasteiger partial charge in [0.25, 0.3) is 0 Å². The third-order valence-corrected chi connectivity index (χ3v) is 2.73. The molecule has 0 radical (unpaired) electrons. The van der Waals surface area contributed by atoms with E-state index in [1.807, 2.05) is 0 Å². The van der Waals surface area contributed by atoms with Crippen LogP contribution >= 0.6 is 0 Å². The summed E-state index contributed by atoms with van der Waals surface area (Å²) in [6.07, 6.45) is 6.34. The van der Waals surface area contributed by atoms with Crippen LogP contribution in [0, 0.1) is 11.8 Å². The zero-order valence-electron chi connectivity index (χ0n) is 10.4. The van der Waals surface area contributed by atoms with Crippen molar-refractivity contribution in [3.63, 3.8) is 0 Å². The summed E-state index contributed by atoms with van der Waals surface area (Å²) >= 11 is 0. The van der Waals surface area contributed by atoms with Crippen LogP contribution in [0.3, 0.4) is 0 Å². The van der Waals surface area contributed by atoms with Crippen LogP contribution in [-0.4, -0.2) is 11.1 Å². The van der Waals surface area contributed by atoms with Gasteiger partial charge in [0.05, 0.1) is 5.92 Å². The minimum absolute atomic E-state index is 0.198. The molecule has 0 fully saturated rings. The van der Waals surface area contributed by atoms with Gasteiger partial charge in [-0.2, -0.15) is 0 Å². The molecule has 0 saturated heterocycles. The Kier molecular flexibility index (Phi) is 7.10. The van der Waals surface area contributed by atoms with Crippen LogP contribution in [0.15, 0.2) is 11.6 Å². The second-order valence-corrected chi connectivity index (χ2v) is 4.78. The predicted octanol–water partition coefficient (Wildman–Crippen LogP) is 3.87. The van der Waals surface area contributed by atoms with Crippen molar-refractivity contribution in [2.75, 3.05) is 0 Å². The molecular formula is C13H24O2. The highest BCUT2D eigenvalue weighted by Gasteiger charge is 2.12. The normalized spacial score (nSPS) is 14.4. The predicted molar refractivity (Wildman–Crippen MR) is 63.9 cm³/mol. The largest absolute Gasteiger partial charge is 0.481 e. The Morgan fingerprint density at radius 2 is 1.80 bits per heavy atom. The molecule has 0 heterocycles. The zero-order valence-corrected chi connectivity index (χ0v) is 10.4. The Labute approximate surface area is 93.4 Å². The van der Waals surface area contributed by atoms with Crippen molar-refractivity contribution in [2.24, 2.45) is 11.8 Å². The molecule has 1 N–H and O–H groups in total. The van der Waals surface area contributed by atoms with Crippen molar-refractivity contribution in [1.82, 2.24) is 0 Å². The van der Waals surface area contributed by atoms with E-state index in [0.29, 0.717) is 5.92 Å². The lowest BCUT2D eigenvalue weighted by Gasteiger charge is -2.11. The van der Waals surface area contributed by atoms with Crippen molar-refractivity contribution >= 4 is 5.97 Å². The summed E-state index contributed by atoms with van der Waals surface area (Å²) < 4.78 is 0. The molecule has 0 unspecified atom stereocenters. The summed E-state index contributed by atoms with van der Waals surface area (Å²) in [5.74, 6) is -0.246. The van der Waals surface area contributed by atoms with E-state index in [1.165, 1.54) is 5.57 Å². The zero-order chi connectivity index (χ0) is 11.8. The molecular weight excluding hydrogens is 188 g/mol. The average molecular weight is 212 g/mol. The number of rotatable bonds is 7. The Morgan fingerprint density at radius 3 is 2.27 bits per heavy atom. The number of carboxylic acid groups (broad SMARTS) is 1. The molecule has 0 rings (SSSR count). The average Bonchev–Trinajstić information content (AvgIpc) is 2.13. The van der Waals surface area contributed by atoms with Gasteiger partial charge < -0.3 is 5.11 Å². The topological polar surface area (TPSA) is 37.3 Å². The smallest absolute Gasteiger partial charge is 0.306 e. The second-order valence-electron chi connectivity index (χ2n) is 4.78. The first-order valence-corrected chi connectivity index (χ1v) is 5.79. The van der Waals surface area contributed by atoms with Crippen LogP contribution in [0.2, 0.25) is 0 Å². The Morgan fingerprint density at radius 1 is 1.20 bits per heavy atom. The maximum atomic E-state index is 10.6. The SMILES string of the molecule is CC(C)=CCC[C@H](C)CC[C@@H](C)C(=O)O. The van der Waals surface area contributed by atoms with E-state index in [2.05, 4.69) is 26.8 Å². The molecule has 0 aromatic heterocycles. The molecule has 0 bridgehead atoms. The third kappa shape index (κ3) is 8.22. The molecule has 0 amide bonds. The minimum atomic E-state index is -0.675. The quantitative estimate of drug-likeness (QED) is 0.650. The maximum absolute atomic E-state index is 10.6. The molecule has 2 heteroatoms. The Hall–Kier alpha value is -0.790. The highest BCUT2D eigenvalue weighted by atomic mass is 16.4. The van der Waals surface area contributed by atoms with Crippen LogP contribution in [0.1, 0.15) is 53.4 Å². The van der Waals surface area contributed by atoms with E-state index in [4.69, 9.17) is 5.11 Å². The molecule has 0 aliphatic rings. The van der Waals surface area contributed by atoms with Gasteiger partial charge in [0.15, 0.2) is 0 Å². The molecule has 0 spiro atoms. The van der Waals surface area contributed by atoms with Gasteiger partial charge in [-0.05, 0) is 45.4 Å². The number of aliphatic carboxylic acids is 1. The number of carboxylic acids is 1. The van der Waals surface area contributed by atoms with E-state index >= 15 is 0 Å². The Balaban J connectivity index is 3.62. The van der Waals surface area contributed by atoms with Gasteiger partial charge in [0.1, 0.15) is 0 Å². The third-order valence-electron chi connectivity index (χ3n) is 2.73. The van der Waals surface area contributed by atoms with Crippen LogP contribution in [0.5, 0.6) is 0 Å². The van der Waals surface area contributed by atoms with Crippen LogP contribution in [0.25, 0.3) is 0 Å². The number of allylic oxidation sites excluding steroid dienone is 2. The van der Waals surface area contributed by atoms with Crippen molar-refractivity contribution in [2.45, 2.75) is 53.4 Å². The lowest BCUT2D eigenvalue weighted by molar-refractivity contribution is -0.141. The molecule has 0 saturated carbocycles.